The largest absolute Gasteiger partial charge is 0.494 e. The van der Waals surface area contributed by atoms with Crippen molar-refractivity contribution in [3.8, 4) is 5.75 Å². The smallest absolute Gasteiger partial charge is 0.228 e. The summed E-state index contributed by atoms with van der Waals surface area (Å²) >= 11 is 0. The molecule has 4 nitrogen and oxygen atoms in total. The zero-order valence-corrected chi connectivity index (χ0v) is 12.6. The summed E-state index contributed by atoms with van der Waals surface area (Å²) in [5.41, 5.74) is 1.90. The Labute approximate surface area is 132 Å². The molecule has 1 N–H and O–H groups in total. The predicted octanol–water partition coefficient (Wildman–Crippen LogP) is 4.15. The number of ether oxygens (including phenoxy) is 1. The van der Waals surface area contributed by atoms with E-state index in [1.807, 2.05) is 6.92 Å². The Bertz CT molecular complexity index is 824. The summed E-state index contributed by atoms with van der Waals surface area (Å²) in [4.78, 5) is 12.1. The fourth-order valence-corrected chi connectivity index (χ4v) is 2.37. The van der Waals surface area contributed by atoms with Gasteiger partial charge in [-0.25, -0.2) is 4.39 Å². The minimum Gasteiger partial charge on any atom is -0.494 e. The van der Waals surface area contributed by atoms with Crippen molar-refractivity contribution >= 4 is 22.6 Å². The molecule has 1 aromatic heterocycles. The van der Waals surface area contributed by atoms with Crippen LogP contribution in [0.2, 0.25) is 0 Å². The van der Waals surface area contributed by atoms with Gasteiger partial charge in [-0.05, 0) is 49.4 Å². The second kappa shape index (κ2) is 6.52. The third-order valence-electron chi connectivity index (χ3n) is 3.42. The van der Waals surface area contributed by atoms with Gasteiger partial charge in [0.25, 0.3) is 0 Å². The molecule has 5 heteroatoms. The standard InChI is InChI=1S/C18H16FNO3/c1-2-22-15-6-4-14(5-7-15)20-18(21)9-12-11-23-17-8-3-13(19)10-16(12)17/h3-8,10-11H,2,9H2,1H3,(H,20,21). The normalized spacial score (nSPS) is 10.7. The molecule has 0 aliphatic heterocycles. The number of fused-ring (bicyclic) bond motifs is 1. The first-order valence-corrected chi connectivity index (χ1v) is 7.34. The van der Waals surface area contributed by atoms with E-state index in [1.54, 1.807) is 30.3 Å². The fraction of sp³-hybridized carbons (Fsp3) is 0.167. The lowest BCUT2D eigenvalue weighted by Crippen LogP contribution is -2.14. The molecule has 0 fully saturated rings. The average Bonchev–Trinajstić information content (AvgIpc) is 2.92. The monoisotopic (exact) mass is 313 g/mol. The maximum Gasteiger partial charge on any atom is 0.228 e. The lowest BCUT2D eigenvalue weighted by molar-refractivity contribution is -0.115. The molecular formula is C18H16FNO3. The van der Waals surface area contributed by atoms with Gasteiger partial charge in [0.15, 0.2) is 0 Å². The Morgan fingerprint density at radius 3 is 2.74 bits per heavy atom. The van der Waals surface area contributed by atoms with Crippen LogP contribution >= 0.6 is 0 Å². The summed E-state index contributed by atoms with van der Waals surface area (Å²) in [5.74, 6) is 0.204. The van der Waals surface area contributed by atoms with E-state index in [2.05, 4.69) is 5.32 Å². The number of benzene rings is 2. The highest BCUT2D eigenvalue weighted by molar-refractivity contribution is 5.95. The maximum absolute atomic E-state index is 13.3. The van der Waals surface area contributed by atoms with Crippen molar-refractivity contribution < 1.29 is 18.3 Å². The molecule has 1 heterocycles. The molecule has 3 aromatic rings. The number of hydrogen-bond donors (Lipinski definition) is 1. The SMILES string of the molecule is CCOc1ccc(NC(=O)Cc2coc3ccc(F)cc23)cc1. The summed E-state index contributed by atoms with van der Waals surface area (Å²) in [5, 5.41) is 3.42. The summed E-state index contributed by atoms with van der Waals surface area (Å²) in [6.45, 7) is 2.50. The van der Waals surface area contributed by atoms with Gasteiger partial charge in [0.05, 0.1) is 19.3 Å². The van der Waals surface area contributed by atoms with Gasteiger partial charge in [-0.3, -0.25) is 4.79 Å². The van der Waals surface area contributed by atoms with Gasteiger partial charge in [-0.15, -0.1) is 0 Å². The number of carbonyl (C=O) groups is 1. The molecule has 2 aromatic carbocycles. The summed E-state index contributed by atoms with van der Waals surface area (Å²) in [6, 6.07) is 11.4. The van der Waals surface area contributed by atoms with Gasteiger partial charge in [0.2, 0.25) is 5.91 Å². The molecule has 0 spiro atoms. The Kier molecular flexibility index (Phi) is 4.28. The molecule has 1 amide bonds. The van der Waals surface area contributed by atoms with Crippen LogP contribution in [0.15, 0.2) is 53.1 Å². The van der Waals surface area contributed by atoms with Crippen LogP contribution < -0.4 is 10.1 Å². The zero-order chi connectivity index (χ0) is 16.2. The van der Waals surface area contributed by atoms with E-state index >= 15 is 0 Å². The van der Waals surface area contributed by atoms with Crippen LogP contribution in [0.3, 0.4) is 0 Å². The molecule has 0 unspecified atom stereocenters. The van der Waals surface area contributed by atoms with Crippen molar-refractivity contribution in [2.45, 2.75) is 13.3 Å². The molecule has 118 valence electrons. The second-order valence-corrected chi connectivity index (χ2v) is 5.08. The summed E-state index contributed by atoms with van der Waals surface area (Å²) < 4.78 is 24.0. The summed E-state index contributed by atoms with van der Waals surface area (Å²) in [6.07, 6.45) is 1.60. The van der Waals surface area contributed by atoms with E-state index in [0.717, 1.165) is 5.75 Å². The van der Waals surface area contributed by atoms with E-state index in [1.165, 1.54) is 18.4 Å². The molecule has 0 aliphatic carbocycles. The number of anilines is 1. The quantitative estimate of drug-likeness (QED) is 0.770. The lowest BCUT2D eigenvalue weighted by atomic mass is 10.1. The van der Waals surface area contributed by atoms with Crippen LogP contribution in [-0.2, 0) is 11.2 Å². The summed E-state index contributed by atoms with van der Waals surface area (Å²) in [7, 11) is 0. The molecule has 3 rings (SSSR count). The molecule has 0 saturated carbocycles. The topological polar surface area (TPSA) is 51.5 Å². The highest BCUT2D eigenvalue weighted by atomic mass is 19.1. The first-order chi connectivity index (χ1) is 11.2. The number of halogens is 1. The van der Waals surface area contributed by atoms with Crippen LogP contribution in [0.4, 0.5) is 10.1 Å². The van der Waals surface area contributed by atoms with Crippen LogP contribution in [0.1, 0.15) is 12.5 Å². The highest BCUT2D eigenvalue weighted by Crippen LogP contribution is 2.23. The number of furan rings is 1. The van der Waals surface area contributed by atoms with Gasteiger partial charge < -0.3 is 14.5 Å². The van der Waals surface area contributed by atoms with Gasteiger partial charge in [0, 0.05) is 16.6 Å². The Morgan fingerprint density at radius 2 is 2.00 bits per heavy atom. The molecule has 23 heavy (non-hydrogen) atoms. The third kappa shape index (κ3) is 3.51. The van der Waals surface area contributed by atoms with E-state index in [-0.39, 0.29) is 18.1 Å². The first-order valence-electron chi connectivity index (χ1n) is 7.34. The Morgan fingerprint density at radius 1 is 1.22 bits per heavy atom. The van der Waals surface area contributed by atoms with Gasteiger partial charge in [0.1, 0.15) is 17.1 Å². The number of nitrogens with one attached hydrogen (secondary N) is 1. The van der Waals surface area contributed by atoms with Gasteiger partial charge in [-0.1, -0.05) is 0 Å². The number of carbonyl (C=O) groups excluding carboxylic acids is 1. The van der Waals surface area contributed by atoms with E-state index in [4.69, 9.17) is 9.15 Å². The Hall–Kier alpha value is -2.82. The first kappa shape index (κ1) is 15.1. The molecule has 0 atom stereocenters. The van der Waals surface area contributed by atoms with Crippen molar-refractivity contribution in [2.24, 2.45) is 0 Å². The van der Waals surface area contributed by atoms with E-state index in [9.17, 15) is 9.18 Å². The lowest BCUT2D eigenvalue weighted by Gasteiger charge is -2.06. The number of amides is 1. The van der Waals surface area contributed by atoms with Gasteiger partial charge >= 0.3 is 0 Å². The molecule has 0 saturated heterocycles. The number of rotatable bonds is 5. The zero-order valence-electron chi connectivity index (χ0n) is 12.6. The fourth-order valence-electron chi connectivity index (χ4n) is 2.37. The van der Waals surface area contributed by atoms with Gasteiger partial charge in [-0.2, -0.15) is 0 Å². The molecule has 0 radical (unpaired) electrons. The van der Waals surface area contributed by atoms with Crippen LogP contribution in [0.25, 0.3) is 11.0 Å². The van der Waals surface area contributed by atoms with E-state index in [0.29, 0.717) is 28.8 Å². The van der Waals surface area contributed by atoms with Crippen molar-refractivity contribution in [3.05, 3.63) is 60.1 Å². The minimum absolute atomic E-state index is 0.115. The van der Waals surface area contributed by atoms with Crippen molar-refractivity contribution in [3.63, 3.8) is 0 Å². The van der Waals surface area contributed by atoms with Crippen LogP contribution in [-0.4, -0.2) is 12.5 Å². The number of hydrogen-bond acceptors (Lipinski definition) is 3. The second-order valence-electron chi connectivity index (χ2n) is 5.08. The Balaban J connectivity index is 1.69. The molecule has 0 aliphatic rings. The van der Waals surface area contributed by atoms with E-state index < -0.39 is 0 Å². The maximum atomic E-state index is 13.3. The van der Waals surface area contributed by atoms with Crippen molar-refractivity contribution in [1.29, 1.82) is 0 Å². The highest BCUT2D eigenvalue weighted by Gasteiger charge is 2.11. The molecular weight excluding hydrogens is 297 g/mol. The third-order valence-corrected chi connectivity index (χ3v) is 3.42. The van der Waals surface area contributed by atoms with Crippen LogP contribution in [0, 0.1) is 5.82 Å². The average molecular weight is 313 g/mol. The van der Waals surface area contributed by atoms with Crippen LogP contribution in [0.5, 0.6) is 5.75 Å². The van der Waals surface area contributed by atoms with Crippen molar-refractivity contribution in [2.75, 3.05) is 11.9 Å². The molecule has 0 bridgehead atoms. The van der Waals surface area contributed by atoms with Crippen molar-refractivity contribution in [1.82, 2.24) is 0 Å². The predicted molar refractivity (Wildman–Crippen MR) is 86.1 cm³/mol. The minimum atomic E-state index is -0.355.